The van der Waals surface area contributed by atoms with E-state index in [1.165, 1.54) is 0 Å². The lowest BCUT2D eigenvalue weighted by molar-refractivity contribution is -0.160. The van der Waals surface area contributed by atoms with E-state index in [4.69, 9.17) is 11.8 Å². The maximum Gasteiger partial charge on any atom is -0.0394 e. The highest BCUT2D eigenvalue weighted by molar-refractivity contribution is 8.11. The van der Waals surface area contributed by atoms with E-state index >= 15 is 0 Å². The molecule has 44 valence electrons. The predicted octanol–water partition coefficient (Wildman–Crippen LogP) is 0.781. The Morgan fingerprint density at radius 2 is 1.71 bits per heavy atom. The summed E-state index contributed by atoms with van der Waals surface area (Å²) in [6.07, 6.45) is -0.740. The highest BCUT2D eigenvalue weighted by Gasteiger charge is 1.90. The van der Waals surface area contributed by atoms with Gasteiger partial charge in [0, 0.05) is 0 Å². The maximum absolute atomic E-state index is 10.8. The zero-order valence-corrected chi connectivity index (χ0v) is 6.39. The zero-order chi connectivity index (χ0) is 5.91. The van der Waals surface area contributed by atoms with Crippen LogP contribution >= 0.6 is 6.26 Å². The van der Waals surface area contributed by atoms with Crippen LogP contribution < -0.4 is 4.89 Å². The molecule has 0 aromatic rings. The summed E-state index contributed by atoms with van der Waals surface area (Å²) in [5.41, 5.74) is 0. The van der Waals surface area contributed by atoms with Gasteiger partial charge in [-0.2, -0.15) is 0 Å². The van der Waals surface area contributed by atoms with Crippen LogP contribution in [0.5, 0.6) is 0 Å². The van der Waals surface area contributed by atoms with Gasteiger partial charge in [0.05, 0.1) is 0 Å². The molecule has 0 unspecified atom stereocenters. The van der Waals surface area contributed by atoms with Gasteiger partial charge in [-0.15, -0.1) is 18.1 Å². The van der Waals surface area contributed by atoms with Crippen molar-refractivity contribution in [1.82, 2.24) is 0 Å². The first-order valence-corrected chi connectivity index (χ1v) is 5.50. The van der Waals surface area contributed by atoms with Gasteiger partial charge in [-0.1, -0.05) is 13.8 Å². The van der Waals surface area contributed by atoms with Crippen molar-refractivity contribution in [2.45, 2.75) is 13.8 Å². The highest BCUT2D eigenvalue weighted by atomic mass is 32.4. The lowest BCUT2D eigenvalue weighted by Gasteiger charge is -2.23. The fraction of sp³-hybridized carbons (Fsp3) is 1.00. The van der Waals surface area contributed by atoms with Crippen molar-refractivity contribution in [2.24, 2.45) is 0 Å². The maximum atomic E-state index is 10.8. The van der Waals surface area contributed by atoms with Crippen LogP contribution in [0.15, 0.2) is 0 Å². The Labute approximate surface area is 49.8 Å². The Kier molecular flexibility index (Phi) is 3.05. The SMILES string of the molecule is CCP([O-])(=S)CC. The zero-order valence-electron chi connectivity index (χ0n) is 4.68. The molecule has 0 saturated heterocycles. The van der Waals surface area contributed by atoms with Gasteiger partial charge in [0.1, 0.15) is 0 Å². The molecule has 0 saturated carbocycles. The second-order valence-corrected chi connectivity index (χ2v) is 6.34. The van der Waals surface area contributed by atoms with Crippen molar-refractivity contribution in [3.8, 4) is 0 Å². The highest BCUT2D eigenvalue weighted by Crippen LogP contribution is 2.33. The van der Waals surface area contributed by atoms with E-state index in [1.807, 2.05) is 13.8 Å². The normalized spacial score (nSPS) is 11.9. The van der Waals surface area contributed by atoms with Crippen LogP contribution in [-0.2, 0) is 11.8 Å². The van der Waals surface area contributed by atoms with Crippen LogP contribution in [0.3, 0.4) is 0 Å². The number of hydrogen-bond donors (Lipinski definition) is 0. The van der Waals surface area contributed by atoms with Crippen LogP contribution in [0.2, 0.25) is 0 Å². The number of hydrogen-bond acceptors (Lipinski definition) is 2. The van der Waals surface area contributed by atoms with Crippen molar-refractivity contribution in [3.63, 3.8) is 0 Å². The molecule has 7 heavy (non-hydrogen) atoms. The lowest BCUT2D eigenvalue weighted by atomic mass is 11.0. The molecule has 0 aliphatic rings. The van der Waals surface area contributed by atoms with E-state index in [9.17, 15) is 4.89 Å². The largest absolute Gasteiger partial charge is 0.821 e. The third-order valence-corrected chi connectivity index (χ3v) is 4.44. The van der Waals surface area contributed by atoms with E-state index in [0.29, 0.717) is 12.3 Å². The average molecular weight is 137 g/mol. The van der Waals surface area contributed by atoms with Crippen molar-refractivity contribution < 1.29 is 4.89 Å². The van der Waals surface area contributed by atoms with E-state index < -0.39 is 6.26 Å². The summed E-state index contributed by atoms with van der Waals surface area (Å²) in [7, 11) is 0. The molecule has 3 heteroatoms. The molecule has 0 radical (unpaired) electrons. The summed E-state index contributed by atoms with van der Waals surface area (Å²) in [6, 6.07) is 0. The van der Waals surface area contributed by atoms with E-state index in [1.54, 1.807) is 0 Å². The van der Waals surface area contributed by atoms with Crippen molar-refractivity contribution in [1.29, 1.82) is 0 Å². The Balaban J connectivity index is 3.61. The van der Waals surface area contributed by atoms with Gasteiger partial charge in [0.2, 0.25) is 0 Å². The molecule has 0 bridgehead atoms. The van der Waals surface area contributed by atoms with E-state index in [0.717, 1.165) is 0 Å². The second-order valence-electron chi connectivity index (χ2n) is 1.45. The summed E-state index contributed by atoms with van der Waals surface area (Å²) in [5.74, 6) is 0. The topological polar surface area (TPSA) is 23.1 Å². The average Bonchev–Trinajstić information content (AvgIpc) is 1.68. The van der Waals surface area contributed by atoms with Gasteiger partial charge in [-0.3, -0.25) is 0 Å². The molecule has 0 fully saturated rings. The first kappa shape index (κ1) is 7.61. The molecule has 1 nitrogen and oxygen atoms in total. The molecular formula is C4H10OPS-. The first-order valence-electron chi connectivity index (χ1n) is 2.41. The van der Waals surface area contributed by atoms with Gasteiger partial charge >= 0.3 is 0 Å². The Morgan fingerprint density at radius 1 is 1.43 bits per heavy atom. The number of rotatable bonds is 2. The minimum atomic E-state index is -2.07. The van der Waals surface area contributed by atoms with Crippen LogP contribution in [0, 0.1) is 0 Å². The second kappa shape index (κ2) is 2.81. The molecule has 0 amide bonds. The Bertz CT molecular complexity index is 83.7. The molecule has 0 heterocycles. The predicted molar refractivity (Wildman–Crippen MR) is 35.4 cm³/mol. The molecule has 0 rings (SSSR count). The minimum absolute atomic E-state index is 0.666. The standard InChI is InChI=1S/C4H11OPS/c1-3-6(5,7)4-2/h3-4H2,1-2H3,(H,5,7)/p-1. The van der Waals surface area contributed by atoms with E-state index in [2.05, 4.69) is 0 Å². The van der Waals surface area contributed by atoms with Crippen LogP contribution in [0.1, 0.15) is 13.8 Å². The van der Waals surface area contributed by atoms with Crippen LogP contribution in [0.4, 0.5) is 0 Å². The summed E-state index contributed by atoms with van der Waals surface area (Å²) < 4.78 is 0. The van der Waals surface area contributed by atoms with Gasteiger partial charge in [0.25, 0.3) is 0 Å². The van der Waals surface area contributed by atoms with Crippen molar-refractivity contribution >= 4 is 18.1 Å². The lowest BCUT2D eigenvalue weighted by Crippen LogP contribution is -2.03. The molecule has 0 aliphatic carbocycles. The van der Waals surface area contributed by atoms with Gasteiger partial charge in [0.15, 0.2) is 0 Å². The first-order chi connectivity index (χ1) is 3.12. The quantitative estimate of drug-likeness (QED) is 0.525. The molecule has 0 aromatic carbocycles. The van der Waals surface area contributed by atoms with Gasteiger partial charge < -0.3 is 4.89 Å². The van der Waals surface area contributed by atoms with E-state index in [-0.39, 0.29) is 0 Å². The minimum Gasteiger partial charge on any atom is -0.821 e. The fourth-order valence-corrected chi connectivity index (χ4v) is 0.671. The van der Waals surface area contributed by atoms with Crippen LogP contribution in [0.25, 0.3) is 0 Å². The molecule has 0 atom stereocenters. The van der Waals surface area contributed by atoms with Crippen LogP contribution in [-0.4, -0.2) is 12.3 Å². The summed E-state index contributed by atoms with van der Waals surface area (Å²) >= 11 is 4.70. The fourth-order valence-electron chi connectivity index (χ4n) is 0.224. The Morgan fingerprint density at radius 3 is 1.71 bits per heavy atom. The van der Waals surface area contributed by atoms with Crippen molar-refractivity contribution in [3.05, 3.63) is 0 Å². The summed E-state index contributed by atoms with van der Waals surface area (Å²) in [6.45, 7) is 3.74. The summed E-state index contributed by atoms with van der Waals surface area (Å²) in [5, 5.41) is 0. The Hall–Kier alpha value is 0.610. The molecule has 0 aliphatic heterocycles. The molecular weight excluding hydrogens is 127 g/mol. The summed E-state index contributed by atoms with van der Waals surface area (Å²) in [4.78, 5) is 10.8. The third kappa shape index (κ3) is 3.22. The van der Waals surface area contributed by atoms with Gasteiger partial charge in [-0.25, -0.2) is 0 Å². The van der Waals surface area contributed by atoms with Gasteiger partial charge in [-0.05, 0) is 12.3 Å². The smallest absolute Gasteiger partial charge is 0.0394 e. The monoisotopic (exact) mass is 137 g/mol. The molecule has 0 spiro atoms. The third-order valence-electron chi connectivity index (χ3n) is 0.964. The molecule has 0 aromatic heterocycles. The molecule has 0 N–H and O–H groups in total. The van der Waals surface area contributed by atoms with Crippen molar-refractivity contribution in [2.75, 3.05) is 12.3 Å².